The first kappa shape index (κ1) is 23.5. The van der Waals surface area contributed by atoms with E-state index in [0.29, 0.717) is 31.2 Å². The van der Waals surface area contributed by atoms with Crippen molar-refractivity contribution in [2.24, 2.45) is 17.6 Å². The monoisotopic (exact) mass is 490 g/mol. The van der Waals surface area contributed by atoms with Crippen molar-refractivity contribution in [3.05, 3.63) is 29.7 Å². The van der Waals surface area contributed by atoms with Gasteiger partial charge in [-0.1, -0.05) is 0 Å². The number of alkyl halides is 2. The van der Waals surface area contributed by atoms with Crippen LogP contribution in [0.5, 0.6) is 11.5 Å². The quantitative estimate of drug-likeness (QED) is 0.525. The lowest BCUT2D eigenvalue weighted by molar-refractivity contribution is -0.123. The number of aromatic nitrogens is 1. The minimum absolute atomic E-state index is 0.0427. The molecule has 0 unspecified atom stereocenters. The van der Waals surface area contributed by atoms with Crippen molar-refractivity contribution in [3.63, 3.8) is 0 Å². The Kier molecular flexibility index (Phi) is 6.35. The summed E-state index contributed by atoms with van der Waals surface area (Å²) in [6.07, 6.45) is 3.91. The van der Waals surface area contributed by atoms with Crippen LogP contribution in [0.15, 0.2) is 22.6 Å². The fourth-order valence-electron chi connectivity index (χ4n) is 3.91. The highest BCUT2D eigenvalue weighted by atomic mass is 19.3. The lowest BCUT2D eigenvalue weighted by atomic mass is 10.1. The second kappa shape index (κ2) is 9.44. The normalized spacial score (nSPS) is 18.8. The number of hydrogen-bond acceptors (Lipinski definition) is 7. The number of nitrogens with two attached hydrogens (primary N) is 1. The highest BCUT2D eigenvalue weighted by Gasteiger charge is 2.38. The number of oxazole rings is 1. The Morgan fingerprint density at radius 3 is 2.60 bits per heavy atom. The van der Waals surface area contributed by atoms with Crippen molar-refractivity contribution in [1.29, 1.82) is 0 Å². The molecule has 1 saturated heterocycles. The lowest BCUT2D eigenvalue weighted by Gasteiger charge is -2.39. The molecular weight excluding hydrogens is 462 g/mol. The van der Waals surface area contributed by atoms with Crippen LogP contribution in [0.1, 0.15) is 54.9 Å². The molecule has 0 spiro atoms. The number of nitrogens with one attached hydrogen (secondary N) is 1. The molecule has 2 aliphatic carbocycles. The van der Waals surface area contributed by atoms with Crippen LogP contribution in [0.2, 0.25) is 0 Å². The predicted molar refractivity (Wildman–Crippen MR) is 120 cm³/mol. The average molecular weight is 491 g/mol. The molecule has 11 heteroatoms. The fraction of sp³-hybridized carbons (Fsp3) is 0.542. The number of ether oxygens (including phenoxy) is 2. The summed E-state index contributed by atoms with van der Waals surface area (Å²) in [6, 6.07) is 3.71. The Morgan fingerprint density at radius 1 is 1.23 bits per heavy atom. The standard InChI is InChI=1S/C24H28F2N4O5/c1-12(27)20-19(23(32)30-9-16(10-30)28-21(31)14-4-5-14)29-22(35-20)15-6-7-17(34-24(25)26)18(8-15)33-11-13-2-3-13/h6-8,12-14,16,24H,2-5,9-11,27H2,1H3,(H,28,31)/t12-/m0/s1. The van der Waals surface area contributed by atoms with Crippen LogP contribution in [-0.2, 0) is 4.79 Å². The number of carbonyl (C=O) groups excluding carboxylic acids is 2. The number of likely N-dealkylation sites (tertiary alicyclic amines) is 1. The van der Waals surface area contributed by atoms with Gasteiger partial charge in [0.25, 0.3) is 5.91 Å². The molecule has 0 radical (unpaired) electrons. The summed E-state index contributed by atoms with van der Waals surface area (Å²) < 4.78 is 41.8. The minimum Gasteiger partial charge on any atom is -0.489 e. The summed E-state index contributed by atoms with van der Waals surface area (Å²) in [7, 11) is 0. The molecule has 0 bridgehead atoms. The van der Waals surface area contributed by atoms with Gasteiger partial charge in [-0.2, -0.15) is 8.78 Å². The molecule has 2 saturated carbocycles. The van der Waals surface area contributed by atoms with Crippen LogP contribution in [0.25, 0.3) is 11.5 Å². The summed E-state index contributed by atoms with van der Waals surface area (Å²) in [5.41, 5.74) is 6.58. The fourth-order valence-corrected chi connectivity index (χ4v) is 3.91. The SMILES string of the molecule is C[C@H](N)c1oc(-c2ccc(OC(F)F)c(OCC3CC3)c2)nc1C(=O)N1CC(NC(=O)C2CC2)C1. The van der Waals surface area contributed by atoms with Crippen molar-refractivity contribution in [1.82, 2.24) is 15.2 Å². The van der Waals surface area contributed by atoms with Gasteiger partial charge in [-0.05, 0) is 56.7 Å². The van der Waals surface area contributed by atoms with Gasteiger partial charge < -0.3 is 29.8 Å². The molecule has 2 amide bonds. The molecule has 5 rings (SSSR count). The Morgan fingerprint density at radius 2 is 1.97 bits per heavy atom. The van der Waals surface area contributed by atoms with Crippen molar-refractivity contribution >= 4 is 11.8 Å². The maximum atomic E-state index is 13.1. The van der Waals surface area contributed by atoms with Crippen LogP contribution >= 0.6 is 0 Å². The molecule has 1 aliphatic heterocycles. The molecular formula is C24H28F2N4O5. The number of nitrogens with zero attached hydrogens (tertiary/aromatic N) is 2. The Hall–Kier alpha value is -3.21. The second-order valence-electron chi connectivity index (χ2n) is 9.50. The number of rotatable bonds is 10. The third-order valence-electron chi connectivity index (χ3n) is 6.31. The van der Waals surface area contributed by atoms with Gasteiger partial charge in [0.2, 0.25) is 11.8 Å². The van der Waals surface area contributed by atoms with E-state index in [1.807, 2.05) is 0 Å². The highest BCUT2D eigenvalue weighted by Crippen LogP contribution is 2.37. The van der Waals surface area contributed by atoms with E-state index < -0.39 is 12.7 Å². The van der Waals surface area contributed by atoms with Gasteiger partial charge >= 0.3 is 6.61 Å². The predicted octanol–water partition coefficient (Wildman–Crippen LogP) is 3.10. The molecule has 3 N–H and O–H groups in total. The number of hydrogen-bond donors (Lipinski definition) is 2. The smallest absolute Gasteiger partial charge is 0.387 e. The van der Waals surface area contributed by atoms with E-state index in [4.69, 9.17) is 14.9 Å². The van der Waals surface area contributed by atoms with Crippen molar-refractivity contribution in [3.8, 4) is 23.0 Å². The molecule has 1 aromatic heterocycles. The van der Waals surface area contributed by atoms with E-state index in [-0.39, 0.29) is 52.6 Å². The summed E-state index contributed by atoms with van der Waals surface area (Å²) in [4.78, 5) is 31.0. The molecule has 1 atom stereocenters. The van der Waals surface area contributed by atoms with Gasteiger partial charge in [-0.3, -0.25) is 9.59 Å². The van der Waals surface area contributed by atoms with E-state index in [1.54, 1.807) is 11.8 Å². The van der Waals surface area contributed by atoms with E-state index in [1.165, 1.54) is 18.2 Å². The minimum atomic E-state index is -2.99. The maximum Gasteiger partial charge on any atom is 0.387 e. The number of halogens is 2. The van der Waals surface area contributed by atoms with Gasteiger partial charge in [0.15, 0.2) is 23.0 Å². The molecule has 9 nitrogen and oxygen atoms in total. The third kappa shape index (κ3) is 5.39. The van der Waals surface area contributed by atoms with Crippen LogP contribution in [0.4, 0.5) is 8.78 Å². The summed E-state index contributed by atoms with van der Waals surface area (Å²) in [5.74, 6) is 0.637. The number of carbonyl (C=O) groups is 2. The largest absolute Gasteiger partial charge is 0.489 e. The van der Waals surface area contributed by atoms with Crippen molar-refractivity contribution in [2.45, 2.75) is 51.3 Å². The van der Waals surface area contributed by atoms with E-state index in [9.17, 15) is 18.4 Å². The van der Waals surface area contributed by atoms with Crippen molar-refractivity contribution in [2.75, 3.05) is 19.7 Å². The Balaban J connectivity index is 1.33. The zero-order valence-electron chi connectivity index (χ0n) is 19.3. The molecule has 2 heterocycles. The second-order valence-corrected chi connectivity index (χ2v) is 9.50. The van der Waals surface area contributed by atoms with Crippen LogP contribution in [-0.4, -0.2) is 54.0 Å². The molecule has 2 aromatic rings. The van der Waals surface area contributed by atoms with Crippen molar-refractivity contribution < 1.29 is 32.3 Å². The molecule has 3 aliphatic rings. The molecule has 3 fully saturated rings. The maximum absolute atomic E-state index is 13.1. The van der Waals surface area contributed by atoms with E-state index in [2.05, 4.69) is 15.0 Å². The van der Waals surface area contributed by atoms with Gasteiger partial charge in [0.1, 0.15) is 0 Å². The molecule has 188 valence electrons. The Bertz CT molecular complexity index is 1110. The van der Waals surface area contributed by atoms with Gasteiger partial charge in [-0.15, -0.1) is 0 Å². The average Bonchev–Trinajstić information content (AvgIpc) is 3.71. The number of benzene rings is 1. The first-order valence-corrected chi connectivity index (χ1v) is 11.9. The third-order valence-corrected chi connectivity index (χ3v) is 6.31. The van der Waals surface area contributed by atoms with Gasteiger partial charge in [0, 0.05) is 24.6 Å². The van der Waals surface area contributed by atoms with Crippen LogP contribution < -0.4 is 20.5 Å². The van der Waals surface area contributed by atoms with Crippen LogP contribution in [0.3, 0.4) is 0 Å². The molecule has 35 heavy (non-hydrogen) atoms. The first-order chi connectivity index (χ1) is 16.8. The summed E-state index contributed by atoms with van der Waals surface area (Å²) >= 11 is 0. The number of amides is 2. The van der Waals surface area contributed by atoms with E-state index in [0.717, 1.165) is 25.7 Å². The summed E-state index contributed by atoms with van der Waals surface area (Å²) in [6.45, 7) is -0.140. The Labute approximate surface area is 200 Å². The van der Waals surface area contributed by atoms with Crippen LogP contribution in [0, 0.1) is 11.8 Å². The topological polar surface area (TPSA) is 120 Å². The van der Waals surface area contributed by atoms with E-state index >= 15 is 0 Å². The first-order valence-electron chi connectivity index (χ1n) is 11.9. The zero-order valence-corrected chi connectivity index (χ0v) is 19.3. The summed E-state index contributed by atoms with van der Waals surface area (Å²) in [5, 5.41) is 2.95. The van der Waals surface area contributed by atoms with Gasteiger partial charge in [0.05, 0.1) is 18.7 Å². The zero-order chi connectivity index (χ0) is 24.7. The molecule has 1 aromatic carbocycles. The lowest BCUT2D eigenvalue weighted by Crippen LogP contribution is -2.61. The highest BCUT2D eigenvalue weighted by molar-refractivity contribution is 5.95. The van der Waals surface area contributed by atoms with Gasteiger partial charge in [-0.25, -0.2) is 4.98 Å².